The van der Waals surface area contributed by atoms with E-state index in [1.165, 1.54) is 0 Å². The molecule has 122 valence electrons. The molecule has 0 aromatic carbocycles. The fourth-order valence-electron chi connectivity index (χ4n) is 2.90. The molecule has 1 saturated carbocycles. The summed E-state index contributed by atoms with van der Waals surface area (Å²) < 4.78 is 0. The molecule has 0 heterocycles. The first-order valence-corrected chi connectivity index (χ1v) is 8.01. The van der Waals surface area contributed by atoms with E-state index in [2.05, 4.69) is 29.4 Å². The van der Waals surface area contributed by atoms with Gasteiger partial charge >= 0.3 is 12.0 Å². The van der Waals surface area contributed by atoms with Gasteiger partial charge < -0.3 is 20.6 Å². The topological polar surface area (TPSA) is 81.7 Å². The van der Waals surface area contributed by atoms with E-state index in [4.69, 9.17) is 0 Å². The van der Waals surface area contributed by atoms with Crippen molar-refractivity contribution in [1.29, 1.82) is 0 Å². The summed E-state index contributed by atoms with van der Waals surface area (Å²) in [6.45, 7) is 7.87. The summed E-state index contributed by atoms with van der Waals surface area (Å²) in [7, 11) is 0. The fourth-order valence-corrected chi connectivity index (χ4v) is 2.90. The maximum Gasteiger partial charge on any atom is 0.314 e. The number of urea groups is 1. The predicted octanol–water partition coefficient (Wildman–Crippen LogP) is 1.66. The van der Waals surface area contributed by atoms with Crippen molar-refractivity contribution in [1.82, 2.24) is 15.5 Å². The van der Waals surface area contributed by atoms with Gasteiger partial charge in [-0.25, -0.2) is 4.79 Å². The number of hydrogen-bond donors (Lipinski definition) is 3. The zero-order valence-electron chi connectivity index (χ0n) is 13.3. The van der Waals surface area contributed by atoms with Gasteiger partial charge in [-0.3, -0.25) is 4.79 Å². The highest BCUT2D eigenvalue weighted by Crippen LogP contribution is 2.37. The third-order valence-electron chi connectivity index (χ3n) is 4.30. The molecule has 0 atom stereocenters. The molecule has 6 heteroatoms. The van der Waals surface area contributed by atoms with E-state index in [9.17, 15) is 14.7 Å². The molecule has 0 bridgehead atoms. The van der Waals surface area contributed by atoms with Crippen LogP contribution >= 0.6 is 0 Å². The van der Waals surface area contributed by atoms with Crippen LogP contribution in [-0.2, 0) is 4.79 Å². The highest BCUT2D eigenvalue weighted by molar-refractivity contribution is 5.78. The molecule has 21 heavy (non-hydrogen) atoms. The third-order valence-corrected chi connectivity index (χ3v) is 4.30. The van der Waals surface area contributed by atoms with Gasteiger partial charge in [-0.15, -0.1) is 0 Å². The number of aliphatic carboxylic acids is 1. The molecule has 2 amide bonds. The Hall–Kier alpha value is -1.30. The Balaban J connectivity index is 2.26. The summed E-state index contributed by atoms with van der Waals surface area (Å²) >= 11 is 0. The van der Waals surface area contributed by atoms with Crippen molar-refractivity contribution >= 4 is 12.0 Å². The summed E-state index contributed by atoms with van der Waals surface area (Å²) in [4.78, 5) is 25.4. The average Bonchev–Trinajstić information content (AvgIpc) is 2.94. The molecule has 1 aliphatic rings. The van der Waals surface area contributed by atoms with Crippen molar-refractivity contribution in [2.24, 2.45) is 5.41 Å². The molecular formula is C15H29N3O3. The molecule has 1 aliphatic carbocycles. The normalized spacial score (nSPS) is 16.9. The summed E-state index contributed by atoms with van der Waals surface area (Å²) in [5.41, 5.74) is -0.755. The number of hydrogen-bond acceptors (Lipinski definition) is 3. The first kappa shape index (κ1) is 17.8. The monoisotopic (exact) mass is 299 g/mol. The Morgan fingerprint density at radius 3 is 2.33 bits per heavy atom. The second-order valence-corrected chi connectivity index (χ2v) is 5.84. The summed E-state index contributed by atoms with van der Waals surface area (Å²) in [5, 5.41) is 14.9. The second kappa shape index (κ2) is 8.87. The van der Waals surface area contributed by atoms with Gasteiger partial charge in [-0.05, 0) is 32.4 Å². The molecule has 0 unspecified atom stereocenters. The van der Waals surface area contributed by atoms with Crippen LogP contribution in [0.2, 0.25) is 0 Å². The number of amides is 2. The Bertz CT molecular complexity index is 341. The molecule has 1 rings (SSSR count). The van der Waals surface area contributed by atoms with E-state index in [-0.39, 0.29) is 12.6 Å². The highest BCUT2D eigenvalue weighted by Gasteiger charge is 2.41. The number of rotatable bonds is 9. The van der Waals surface area contributed by atoms with Gasteiger partial charge in [0.15, 0.2) is 0 Å². The Morgan fingerprint density at radius 2 is 1.81 bits per heavy atom. The van der Waals surface area contributed by atoms with Crippen LogP contribution in [0, 0.1) is 5.41 Å². The number of carbonyl (C=O) groups excluding carboxylic acids is 1. The number of likely N-dealkylation sites (N-methyl/N-ethyl adjacent to an activating group) is 1. The lowest BCUT2D eigenvalue weighted by molar-refractivity contribution is -0.148. The molecule has 0 aromatic heterocycles. The van der Waals surface area contributed by atoms with Crippen LogP contribution in [0.4, 0.5) is 4.79 Å². The molecule has 0 radical (unpaired) electrons. The summed E-state index contributed by atoms with van der Waals surface area (Å²) in [6, 6.07) is -0.268. The van der Waals surface area contributed by atoms with Crippen LogP contribution in [-0.4, -0.2) is 54.7 Å². The Labute approximate surface area is 127 Å². The summed E-state index contributed by atoms with van der Waals surface area (Å²) in [6.07, 6.45) is 4.27. The van der Waals surface area contributed by atoms with E-state index in [0.717, 1.165) is 38.9 Å². The maximum absolute atomic E-state index is 11.8. The lowest BCUT2D eigenvalue weighted by Gasteiger charge is -2.24. The second-order valence-electron chi connectivity index (χ2n) is 5.84. The van der Waals surface area contributed by atoms with Crippen LogP contribution in [0.1, 0.15) is 46.0 Å². The zero-order valence-corrected chi connectivity index (χ0v) is 13.3. The van der Waals surface area contributed by atoms with E-state index >= 15 is 0 Å². The molecule has 3 N–H and O–H groups in total. The number of carboxylic acids is 1. The Morgan fingerprint density at radius 1 is 1.14 bits per heavy atom. The fraction of sp³-hybridized carbons (Fsp3) is 0.867. The van der Waals surface area contributed by atoms with Crippen LogP contribution in [0.3, 0.4) is 0 Å². The number of carbonyl (C=O) groups is 2. The van der Waals surface area contributed by atoms with Crippen LogP contribution in [0.15, 0.2) is 0 Å². The third kappa shape index (κ3) is 5.53. The van der Waals surface area contributed by atoms with Crippen molar-refractivity contribution in [3.63, 3.8) is 0 Å². The lowest BCUT2D eigenvalue weighted by Crippen LogP contribution is -2.46. The molecule has 0 aromatic rings. The molecule has 0 spiro atoms. The molecule has 6 nitrogen and oxygen atoms in total. The minimum absolute atomic E-state index is 0.223. The Kier molecular flexibility index (Phi) is 7.50. The first-order chi connectivity index (χ1) is 10.0. The van der Waals surface area contributed by atoms with Gasteiger partial charge in [0.05, 0.1) is 5.41 Å². The van der Waals surface area contributed by atoms with Gasteiger partial charge in [0.1, 0.15) is 0 Å². The summed E-state index contributed by atoms with van der Waals surface area (Å²) in [5.74, 6) is -0.791. The SMILES string of the molecule is CCCN(CC)CCNC(=O)NCC1(C(=O)O)CCCC1. The van der Waals surface area contributed by atoms with Gasteiger partial charge in [-0.1, -0.05) is 26.7 Å². The van der Waals surface area contributed by atoms with Crippen LogP contribution in [0.25, 0.3) is 0 Å². The van der Waals surface area contributed by atoms with E-state index in [1.807, 2.05) is 0 Å². The first-order valence-electron chi connectivity index (χ1n) is 8.01. The minimum Gasteiger partial charge on any atom is -0.481 e. The highest BCUT2D eigenvalue weighted by atomic mass is 16.4. The van der Waals surface area contributed by atoms with Crippen LogP contribution < -0.4 is 10.6 Å². The maximum atomic E-state index is 11.8. The smallest absolute Gasteiger partial charge is 0.314 e. The standard InChI is InChI=1S/C15H29N3O3/c1-3-10-18(4-2)11-9-16-14(21)17-12-15(13(19)20)7-5-6-8-15/h3-12H2,1-2H3,(H,19,20)(H2,16,17,21). The van der Waals surface area contributed by atoms with E-state index in [1.54, 1.807) is 0 Å². The van der Waals surface area contributed by atoms with Crippen molar-refractivity contribution in [2.75, 3.05) is 32.7 Å². The van der Waals surface area contributed by atoms with Crippen molar-refractivity contribution < 1.29 is 14.7 Å². The van der Waals surface area contributed by atoms with Crippen LogP contribution in [0.5, 0.6) is 0 Å². The average molecular weight is 299 g/mol. The van der Waals surface area contributed by atoms with E-state index in [0.29, 0.717) is 19.4 Å². The molecule has 0 aliphatic heterocycles. The van der Waals surface area contributed by atoms with Gasteiger partial charge in [0, 0.05) is 19.6 Å². The molecular weight excluding hydrogens is 270 g/mol. The van der Waals surface area contributed by atoms with E-state index < -0.39 is 11.4 Å². The quantitative estimate of drug-likeness (QED) is 0.605. The minimum atomic E-state index is -0.791. The number of nitrogens with zero attached hydrogens (tertiary/aromatic N) is 1. The van der Waals surface area contributed by atoms with Crippen molar-refractivity contribution in [3.05, 3.63) is 0 Å². The van der Waals surface area contributed by atoms with Gasteiger partial charge in [0.2, 0.25) is 0 Å². The lowest BCUT2D eigenvalue weighted by atomic mass is 9.86. The largest absolute Gasteiger partial charge is 0.481 e. The number of carboxylic acid groups (broad SMARTS) is 1. The number of nitrogens with one attached hydrogen (secondary N) is 2. The van der Waals surface area contributed by atoms with Gasteiger partial charge in [-0.2, -0.15) is 0 Å². The van der Waals surface area contributed by atoms with Crippen molar-refractivity contribution in [2.45, 2.75) is 46.0 Å². The molecule has 0 saturated heterocycles. The zero-order chi connectivity index (χ0) is 15.7. The predicted molar refractivity (Wildman–Crippen MR) is 82.3 cm³/mol. The van der Waals surface area contributed by atoms with Crippen molar-refractivity contribution in [3.8, 4) is 0 Å². The van der Waals surface area contributed by atoms with Gasteiger partial charge in [0.25, 0.3) is 0 Å². The molecule has 1 fully saturated rings.